The number of guanidine groups is 1. The highest BCUT2D eigenvalue weighted by Gasteiger charge is 2.28. The molecule has 0 aromatic heterocycles. The monoisotopic (exact) mass is 550 g/mol. The zero-order chi connectivity index (χ0) is 21.0. The third kappa shape index (κ3) is 9.33. The number of rotatable bonds is 10. The van der Waals surface area contributed by atoms with Crippen LogP contribution >= 0.6 is 24.0 Å². The average Bonchev–Trinajstić information content (AvgIpc) is 3.22. The summed E-state index contributed by atoms with van der Waals surface area (Å²) in [6, 6.07) is 0.641. The Balaban J connectivity index is 0.00000341. The highest BCUT2D eigenvalue weighted by Crippen LogP contribution is 2.27. The molecule has 1 aliphatic carbocycles. The molecule has 3 aliphatic rings. The number of aliphatic imine (C=N–C) groups is 1. The van der Waals surface area contributed by atoms with Crippen LogP contribution in [0.15, 0.2) is 4.99 Å². The van der Waals surface area contributed by atoms with E-state index in [1.807, 2.05) is 0 Å². The van der Waals surface area contributed by atoms with Crippen LogP contribution in [0.25, 0.3) is 0 Å². The standard InChI is InChI=1S/C24H46N4O2.HI/c1-3-25-24(27-15-12-23(13-16-27)30-18-8-17-29-2)26-19-22-11-7-14-28(22)20-21-9-5-4-6-10-21;/h21-23H,3-20H2,1-2H3,(H,25,26);1H. The number of hydrogen-bond acceptors (Lipinski definition) is 4. The van der Waals surface area contributed by atoms with E-state index in [1.165, 1.54) is 58.0 Å². The molecule has 1 unspecified atom stereocenters. The second kappa shape index (κ2) is 15.7. The first-order chi connectivity index (χ1) is 14.8. The lowest BCUT2D eigenvalue weighted by Crippen LogP contribution is -2.47. The van der Waals surface area contributed by atoms with Crippen LogP contribution in [0.4, 0.5) is 0 Å². The normalized spacial score (nSPS) is 24.4. The number of piperidine rings is 1. The summed E-state index contributed by atoms with van der Waals surface area (Å²) >= 11 is 0. The zero-order valence-corrected chi connectivity index (χ0v) is 22.4. The van der Waals surface area contributed by atoms with Crippen molar-refractivity contribution in [3.05, 3.63) is 0 Å². The van der Waals surface area contributed by atoms with E-state index in [9.17, 15) is 0 Å². The summed E-state index contributed by atoms with van der Waals surface area (Å²) in [6.07, 6.45) is 13.4. The van der Waals surface area contributed by atoms with E-state index in [4.69, 9.17) is 14.5 Å². The fraction of sp³-hybridized carbons (Fsp3) is 0.958. The van der Waals surface area contributed by atoms with E-state index in [2.05, 4.69) is 22.0 Å². The Morgan fingerprint density at radius 2 is 1.74 bits per heavy atom. The van der Waals surface area contributed by atoms with Crippen LogP contribution in [0, 0.1) is 5.92 Å². The number of hydrogen-bond donors (Lipinski definition) is 1. The van der Waals surface area contributed by atoms with Crippen molar-refractivity contribution in [2.45, 2.75) is 83.3 Å². The SMILES string of the molecule is CCNC(=NCC1CCCN1CC1CCCCC1)N1CCC(OCCCOC)CC1.I. The lowest BCUT2D eigenvalue weighted by Gasteiger charge is -2.35. The van der Waals surface area contributed by atoms with Crippen molar-refractivity contribution in [3.63, 3.8) is 0 Å². The van der Waals surface area contributed by atoms with Gasteiger partial charge in [-0.05, 0) is 64.3 Å². The van der Waals surface area contributed by atoms with E-state index < -0.39 is 0 Å². The first-order valence-electron chi connectivity index (χ1n) is 12.7. The highest BCUT2D eigenvalue weighted by molar-refractivity contribution is 14.0. The van der Waals surface area contributed by atoms with Crippen LogP contribution in [0.1, 0.15) is 71.1 Å². The Morgan fingerprint density at radius 3 is 2.45 bits per heavy atom. The van der Waals surface area contributed by atoms with Crippen LogP contribution in [0.5, 0.6) is 0 Å². The lowest BCUT2D eigenvalue weighted by atomic mass is 9.89. The molecule has 182 valence electrons. The molecule has 0 bridgehead atoms. The van der Waals surface area contributed by atoms with Gasteiger partial charge >= 0.3 is 0 Å². The van der Waals surface area contributed by atoms with Crippen molar-refractivity contribution >= 4 is 29.9 Å². The Hall–Kier alpha value is -0.120. The summed E-state index contributed by atoms with van der Waals surface area (Å²) in [5.74, 6) is 2.04. The minimum atomic E-state index is 0. The number of nitrogens with zero attached hydrogens (tertiary/aromatic N) is 3. The molecule has 6 nitrogen and oxygen atoms in total. The predicted octanol–water partition coefficient (Wildman–Crippen LogP) is 4.13. The molecule has 3 rings (SSSR count). The fourth-order valence-corrected chi connectivity index (χ4v) is 5.35. The summed E-state index contributed by atoms with van der Waals surface area (Å²) in [4.78, 5) is 10.3. The molecule has 0 radical (unpaired) electrons. The van der Waals surface area contributed by atoms with Gasteiger partial charge in [0, 0.05) is 52.5 Å². The van der Waals surface area contributed by atoms with E-state index in [0.717, 1.165) is 70.5 Å². The smallest absolute Gasteiger partial charge is 0.193 e. The van der Waals surface area contributed by atoms with Crippen molar-refractivity contribution in [1.29, 1.82) is 0 Å². The van der Waals surface area contributed by atoms with Gasteiger partial charge < -0.3 is 19.7 Å². The molecule has 1 atom stereocenters. The van der Waals surface area contributed by atoms with Crippen LogP contribution in [-0.4, -0.2) is 87.5 Å². The van der Waals surface area contributed by atoms with Crippen LogP contribution in [-0.2, 0) is 9.47 Å². The maximum absolute atomic E-state index is 6.03. The predicted molar refractivity (Wildman–Crippen MR) is 140 cm³/mol. The van der Waals surface area contributed by atoms with E-state index in [0.29, 0.717) is 12.1 Å². The average molecular weight is 551 g/mol. The molecule has 0 aromatic carbocycles. The van der Waals surface area contributed by atoms with Gasteiger partial charge in [-0.25, -0.2) is 0 Å². The van der Waals surface area contributed by atoms with Crippen molar-refractivity contribution in [2.24, 2.45) is 10.9 Å². The van der Waals surface area contributed by atoms with E-state index in [-0.39, 0.29) is 24.0 Å². The van der Waals surface area contributed by atoms with Gasteiger partial charge in [0.2, 0.25) is 0 Å². The van der Waals surface area contributed by atoms with Gasteiger partial charge in [0.1, 0.15) is 0 Å². The van der Waals surface area contributed by atoms with E-state index in [1.54, 1.807) is 7.11 Å². The molecule has 1 N–H and O–H groups in total. The van der Waals surface area contributed by atoms with Gasteiger partial charge in [-0.2, -0.15) is 0 Å². The highest BCUT2D eigenvalue weighted by atomic mass is 127. The molecule has 7 heteroatoms. The number of nitrogens with one attached hydrogen (secondary N) is 1. The molecule has 0 aromatic rings. The maximum atomic E-state index is 6.03. The topological polar surface area (TPSA) is 49.3 Å². The molecule has 3 fully saturated rings. The molecule has 1 saturated carbocycles. The van der Waals surface area contributed by atoms with Gasteiger partial charge in [0.25, 0.3) is 0 Å². The Labute approximate surface area is 207 Å². The molecule has 0 amide bonds. The third-order valence-corrected chi connectivity index (χ3v) is 7.09. The first-order valence-corrected chi connectivity index (χ1v) is 12.7. The van der Waals surface area contributed by atoms with Gasteiger partial charge in [-0.3, -0.25) is 9.89 Å². The lowest BCUT2D eigenvalue weighted by molar-refractivity contribution is 0.00989. The van der Waals surface area contributed by atoms with Gasteiger partial charge in [-0.15, -0.1) is 24.0 Å². The van der Waals surface area contributed by atoms with Crippen LogP contribution in [0.3, 0.4) is 0 Å². The van der Waals surface area contributed by atoms with Crippen molar-refractivity contribution in [1.82, 2.24) is 15.1 Å². The summed E-state index contributed by atoms with van der Waals surface area (Å²) in [5, 5.41) is 3.55. The number of likely N-dealkylation sites (tertiary alicyclic amines) is 2. The Kier molecular flexibility index (Phi) is 13.7. The Morgan fingerprint density at radius 1 is 0.968 bits per heavy atom. The Bertz CT molecular complexity index is 494. The number of methoxy groups -OCH3 is 1. The van der Waals surface area contributed by atoms with Crippen molar-refractivity contribution in [2.75, 3.05) is 59.6 Å². The van der Waals surface area contributed by atoms with Crippen molar-refractivity contribution in [3.8, 4) is 0 Å². The van der Waals surface area contributed by atoms with Crippen LogP contribution < -0.4 is 5.32 Å². The molecular weight excluding hydrogens is 503 g/mol. The second-order valence-corrected chi connectivity index (χ2v) is 9.39. The van der Waals surface area contributed by atoms with E-state index >= 15 is 0 Å². The third-order valence-electron chi connectivity index (χ3n) is 7.09. The largest absolute Gasteiger partial charge is 0.385 e. The molecule has 2 aliphatic heterocycles. The molecule has 2 saturated heterocycles. The quantitative estimate of drug-likeness (QED) is 0.192. The minimum absolute atomic E-state index is 0. The second-order valence-electron chi connectivity index (χ2n) is 9.39. The number of halogens is 1. The molecule has 0 spiro atoms. The summed E-state index contributed by atoms with van der Waals surface area (Å²) in [6.45, 7) is 10.3. The molecule has 31 heavy (non-hydrogen) atoms. The summed E-state index contributed by atoms with van der Waals surface area (Å²) in [7, 11) is 1.75. The first kappa shape index (κ1) is 27.1. The molecule has 2 heterocycles. The molecular formula is C24H47IN4O2. The minimum Gasteiger partial charge on any atom is -0.385 e. The zero-order valence-electron chi connectivity index (χ0n) is 20.0. The van der Waals surface area contributed by atoms with Gasteiger partial charge in [0.05, 0.1) is 12.6 Å². The number of ether oxygens (including phenoxy) is 2. The van der Waals surface area contributed by atoms with Crippen LogP contribution in [0.2, 0.25) is 0 Å². The van der Waals surface area contributed by atoms with Gasteiger partial charge in [0.15, 0.2) is 5.96 Å². The van der Waals surface area contributed by atoms with Crippen molar-refractivity contribution < 1.29 is 9.47 Å². The van der Waals surface area contributed by atoms with Gasteiger partial charge in [-0.1, -0.05) is 19.3 Å². The maximum Gasteiger partial charge on any atom is 0.193 e. The summed E-state index contributed by atoms with van der Waals surface area (Å²) in [5.41, 5.74) is 0. The fourth-order valence-electron chi connectivity index (χ4n) is 5.35. The summed E-state index contributed by atoms with van der Waals surface area (Å²) < 4.78 is 11.1.